The van der Waals surface area contributed by atoms with Gasteiger partial charge < -0.3 is 26.0 Å². The van der Waals surface area contributed by atoms with Gasteiger partial charge in [-0.15, -0.1) is 0 Å². The number of nitrogens with one attached hydrogen (secondary N) is 4. The molecule has 0 radical (unpaired) electrons. The predicted molar refractivity (Wildman–Crippen MR) is 152 cm³/mol. The van der Waals surface area contributed by atoms with Crippen LogP contribution in [0.15, 0.2) is 24.4 Å². The zero-order valence-electron chi connectivity index (χ0n) is 25.0. The van der Waals surface area contributed by atoms with E-state index in [9.17, 15) is 36.3 Å². The lowest BCUT2D eigenvalue weighted by atomic mass is 9.86. The Bertz CT molecular complexity index is 1430. The molecule has 1 saturated carbocycles. The number of pyridine rings is 1. The Morgan fingerprint density at radius 1 is 1.07 bits per heavy atom. The highest BCUT2D eigenvalue weighted by Crippen LogP contribution is 2.44. The van der Waals surface area contributed by atoms with Crippen LogP contribution in [-0.4, -0.2) is 68.1 Å². The molecule has 2 heterocycles. The van der Waals surface area contributed by atoms with E-state index in [1.54, 1.807) is 0 Å². The van der Waals surface area contributed by atoms with E-state index in [1.165, 1.54) is 14.0 Å². The summed E-state index contributed by atoms with van der Waals surface area (Å²) in [4.78, 5) is 43.2. The first-order valence-electron chi connectivity index (χ1n) is 14.4. The minimum absolute atomic E-state index is 0.137. The normalized spacial score (nSPS) is 22.4. The largest absolute Gasteiger partial charge is 0.497 e. The van der Waals surface area contributed by atoms with Crippen molar-refractivity contribution in [1.82, 2.24) is 20.9 Å². The van der Waals surface area contributed by atoms with Crippen LogP contribution in [-0.2, 0) is 15.8 Å². The molecule has 1 unspecified atom stereocenters. The summed E-state index contributed by atoms with van der Waals surface area (Å²) in [5.41, 5.74) is -2.70. The van der Waals surface area contributed by atoms with Crippen molar-refractivity contribution < 1.29 is 49.9 Å². The zero-order valence-corrected chi connectivity index (χ0v) is 25.0. The minimum atomic E-state index is -5.12. The molecule has 0 spiro atoms. The Hall–Kier alpha value is -4.31. The van der Waals surface area contributed by atoms with E-state index >= 15 is 8.78 Å². The SMILES string of the molecule is CNC(=O)C(C)Nc1ccnc(N2C[C@@H](c3c(F)cc(OC)cc3F)[C@H](NC(=O)N[C@H]3CC[C@H](C(F)F)CC3)C2=O)c1C(F)(F)F. The molecule has 46 heavy (non-hydrogen) atoms. The lowest BCUT2D eigenvalue weighted by molar-refractivity contribution is -0.137. The smallest absolute Gasteiger partial charge is 0.421 e. The number of hydrogen-bond donors (Lipinski definition) is 4. The Morgan fingerprint density at radius 3 is 2.24 bits per heavy atom. The van der Waals surface area contributed by atoms with Crippen LogP contribution in [0, 0.1) is 17.6 Å². The number of ether oxygens (including phenoxy) is 1. The molecule has 3 atom stereocenters. The summed E-state index contributed by atoms with van der Waals surface area (Å²) in [6.45, 7) is 0.581. The maximum atomic E-state index is 15.3. The van der Waals surface area contributed by atoms with Crippen LogP contribution < -0.4 is 30.9 Å². The average Bonchev–Trinajstić information content (AvgIpc) is 3.30. The number of amides is 4. The monoisotopic (exact) mass is 662 g/mol. The third-order valence-corrected chi connectivity index (χ3v) is 8.20. The molecule has 4 amide bonds. The fourth-order valence-corrected chi connectivity index (χ4v) is 5.83. The van der Waals surface area contributed by atoms with Gasteiger partial charge in [0.05, 0.1) is 12.8 Å². The molecule has 4 rings (SSSR count). The van der Waals surface area contributed by atoms with Crippen molar-refractivity contribution >= 4 is 29.4 Å². The number of benzene rings is 1. The Balaban J connectivity index is 1.71. The lowest BCUT2D eigenvalue weighted by Gasteiger charge is -2.29. The Labute approximate surface area is 259 Å². The molecule has 17 heteroatoms. The molecule has 1 aromatic carbocycles. The third kappa shape index (κ3) is 7.39. The summed E-state index contributed by atoms with van der Waals surface area (Å²) in [6.07, 6.45) is -5.97. The second-order valence-electron chi connectivity index (χ2n) is 11.1. The fraction of sp³-hybridized carbons (Fsp3) is 0.517. The zero-order chi connectivity index (χ0) is 33.9. The van der Waals surface area contributed by atoms with E-state index in [4.69, 9.17) is 4.74 Å². The van der Waals surface area contributed by atoms with Crippen molar-refractivity contribution in [2.75, 3.05) is 30.9 Å². The summed E-state index contributed by atoms with van der Waals surface area (Å²) in [7, 11) is 2.45. The van der Waals surface area contributed by atoms with Gasteiger partial charge in [0.1, 0.15) is 40.8 Å². The first kappa shape index (κ1) is 34.6. The number of urea groups is 1. The standard InChI is InChI=1S/C29H33F7N6O4/c1-13(26(43)37-2)39-20-8-9-38-25(22(20)29(34,35)36)42-12-17(21-18(30)10-16(46-3)11-19(21)31)23(27(42)44)41-28(45)40-15-6-4-14(5-7-15)24(32)33/h8-11,13-15,17,23-24H,4-7,12H2,1-3H3,(H,37,43)(H,38,39)(H2,40,41,45)/t13?,14-,15-,17-,23-/m0/s1. The van der Waals surface area contributed by atoms with Crippen LogP contribution in [0.2, 0.25) is 0 Å². The quantitative estimate of drug-likeness (QED) is 0.292. The van der Waals surface area contributed by atoms with Gasteiger partial charge in [-0.05, 0) is 38.7 Å². The number of anilines is 2. The number of carbonyl (C=O) groups excluding carboxylic acids is 3. The van der Waals surface area contributed by atoms with E-state index < -0.39 is 101 Å². The topological polar surface area (TPSA) is 125 Å². The first-order chi connectivity index (χ1) is 21.7. The average molecular weight is 663 g/mol. The van der Waals surface area contributed by atoms with Gasteiger partial charge in [-0.1, -0.05) is 0 Å². The van der Waals surface area contributed by atoms with E-state index in [2.05, 4.69) is 26.3 Å². The molecule has 252 valence electrons. The number of hydrogen-bond acceptors (Lipinski definition) is 6. The Morgan fingerprint density at radius 2 is 1.70 bits per heavy atom. The molecular formula is C29H33F7N6O4. The number of methoxy groups -OCH3 is 1. The number of alkyl halides is 5. The van der Waals surface area contributed by atoms with Crippen molar-refractivity contribution in [1.29, 1.82) is 0 Å². The molecule has 2 aromatic rings. The van der Waals surface area contributed by atoms with Crippen LogP contribution in [0.1, 0.15) is 49.7 Å². The molecule has 1 saturated heterocycles. The second-order valence-corrected chi connectivity index (χ2v) is 11.1. The van der Waals surface area contributed by atoms with Gasteiger partial charge in [-0.2, -0.15) is 13.2 Å². The van der Waals surface area contributed by atoms with Crippen molar-refractivity contribution in [3.05, 3.63) is 47.2 Å². The van der Waals surface area contributed by atoms with Gasteiger partial charge in [-0.3, -0.25) is 14.5 Å². The maximum Gasteiger partial charge on any atom is 0.421 e. The van der Waals surface area contributed by atoms with Crippen LogP contribution in [0.4, 0.5) is 47.0 Å². The fourth-order valence-electron chi connectivity index (χ4n) is 5.83. The number of likely N-dealkylation sites (N-methyl/N-ethyl adjacent to an activating group) is 1. The summed E-state index contributed by atoms with van der Waals surface area (Å²) in [5.74, 6) is -7.61. The van der Waals surface area contributed by atoms with Crippen LogP contribution >= 0.6 is 0 Å². The summed E-state index contributed by atoms with van der Waals surface area (Å²) < 4.78 is 105. The van der Waals surface area contributed by atoms with Crippen molar-refractivity contribution in [3.63, 3.8) is 0 Å². The van der Waals surface area contributed by atoms with E-state index in [-0.39, 0.29) is 31.4 Å². The number of aromatic nitrogens is 1. The highest BCUT2D eigenvalue weighted by Gasteiger charge is 2.49. The van der Waals surface area contributed by atoms with Gasteiger partial charge in [0, 0.05) is 55.4 Å². The molecule has 0 bridgehead atoms. The number of carbonyl (C=O) groups is 3. The van der Waals surface area contributed by atoms with Gasteiger partial charge in [0.15, 0.2) is 0 Å². The molecule has 1 aliphatic heterocycles. The molecule has 2 aliphatic rings. The van der Waals surface area contributed by atoms with Crippen LogP contribution in [0.5, 0.6) is 5.75 Å². The summed E-state index contributed by atoms with van der Waals surface area (Å²) in [5, 5.41) is 9.65. The van der Waals surface area contributed by atoms with Crippen LogP contribution in [0.25, 0.3) is 0 Å². The molecule has 1 aromatic heterocycles. The van der Waals surface area contributed by atoms with Crippen molar-refractivity contribution in [3.8, 4) is 5.75 Å². The second kappa shape index (κ2) is 14.0. The minimum Gasteiger partial charge on any atom is -0.497 e. The predicted octanol–water partition coefficient (Wildman–Crippen LogP) is 4.56. The number of nitrogens with zero attached hydrogens (tertiary/aromatic N) is 2. The van der Waals surface area contributed by atoms with Gasteiger partial charge in [-0.25, -0.2) is 27.3 Å². The number of halogens is 7. The summed E-state index contributed by atoms with van der Waals surface area (Å²) >= 11 is 0. The number of rotatable bonds is 9. The molecule has 4 N–H and O–H groups in total. The van der Waals surface area contributed by atoms with E-state index in [1.807, 2.05) is 0 Å². The maximum absolute atomic E-state index is 15.3. The highest BCUT2D eigenvalue weighted by atomic mass is 19.4. The van der Waals surface area contributed by atoms with Crippen molar-refractivity contribution in [2.45, 2.75) is 69.3 Å². The Kier molecular flexibility index (Phi) is 10.5. The molecule has 2 fully saturated rings. The lowest BCUT2D eigenvalue weighted by Crippen LogP contribution is -2.51. The molecule has 10 nitrogen and oxygen atoms in total. The van der Waals surface area contributed by atoms with Crippen LogP contribution in [0.3, 0.4) is 0 Å². The summed E-state index contributed by atoms with van der Waals surface area (Å²) in [6, 6.07) is -1.81. The highest BCUT2D eigenvalue weighted by molar-refractivity contribution is 6.03. The molecular weight excluding hydrogens is 629 g/mol. The first-order valence-corrected chi connectivity index (χ1v) is 14.4. The van der Waals surface area contributed by atoms with E-state index in [0.29, 0.717) is 4.90 Å². The van der Waals surface area contributed by atoms with Crippen molar-refractivity contribution in [2.24, 2.45) is 5.92 Å². The van der Waals surface area contributed by atoms with Gasteiger partial charge >= 0.3 is 12.2 Å². The molecule has 1 aliphatic carbocycles. The van der Waals surface area contributed by atoms with Gasteiger partial charge in [0.2, 0.25) is 12.3 Å². The van der Waals surface area contributed by atoms with Gasteiger partial charge in [0.25, 0.3) is 5.91 Å². The van der Waals surface area contributed by atoms with E-state index in [0.717, 1.165) is 31.5 Å². The third-order valence-electron chi connectivity index (χ3n) is 8.20.